The molecule has 1 amide bonds. The number of carbonyl (C=O) groups is 1. The van der Waals surface area contributed by atoms with Crippen LogP contribution in [0.2, 0.25) is 5.02 Å². The van der Waals surface area contributed by atoms with Crippen molar-refractivity contribution in [2.45, 2.75) is 17.4 Å². The Morgan fingerprint density at radius 2 is 1.92 bits per heavy atom. The van der Waals surface area contributed by atoms with Crippen LogP contribution < -0.4 is 4.72 Å². The minimum absolute atomic E-state index is 0.0921. The first-order valence-corrected chi connectivity index (χ1v) is 8.92. The number of sulfonamides is 1. The van der Waals surface area contributed by atoms with Gasteiger partial charge in [-0.2, -0.15) is 0 Å². The Morgan fingerprint density at radius 1 is 1.17 bits per heavy atom. The first-order valence-electron chi connectivity index (χ1n) is 7.06. The normalized spacial score (nSPS) is 17.0. The predicted molar refractivity (Wildman–Crippen MR) is 89.2 cm³/mol. The lowest BCUT2D eigenvalue weighted by Crippen LogP contribution is -2.38. The molecule has 124 valence electrons. The van der Waals surface area contributed by atoms with Gasteiger partial charge in [0.25, 0.3) is 15.9 Å². The molecule has 1 aliphatic heterocycles. The molecule has 0 saturated heterocycles. The van der Waals surface area contributed by atoms with E-state index in [2.05, 4.69) is 5.16 Å². The van der Waals surface area contributed by atoms with Gasteiger partial charge in [0, 0.05) is 11.4 Å². The zero-order valence-electron chi connectivity index (χ0n) is 12.3. The summed E-state index contributed by atoms with van der Waals surface area (Å²) in [5.74, 6) is -0.773. The molecule has 0 bridgehead atoms. The highest BCUT2D eigenvalue weighted by Crippen LogP contribution is 2.19. The van der Waals surface area contributed by atoms with Crippen LogP contribution in [0.25, 0.3) is 0 Å². The van der Waals surface area contributed by atoms with Crippen LogP contribution in [-0.2, 0) is 19.7 Å². The Hall–Kier alpha value is -2.38. The van der Waals surface area contributed by atoms with Crippen LogP contribution in [-0.4, -0.2) is 26.1 Å². The van der Waals surface area contributed by atoms with Gasteiger partial charge in [0.1, 0.15) is 0 Å². The van der Waals surface area contributed by atoms with Crippen LogP contribution in [0.1, 0.15) is 12.0 Å². The average Bonchev–Trinajstić information content (AvgIpc) is 3.05. The quantitative estimate of drug-likeness (QED) is 0.902. The monoisotopic (exact) mass is 364 g/mol. The summed E-state index contributed by atoms with van der Waals surface area (Å²) >= 11 is 5.78. The maximum Gasteiger partial charge on any atom is 0.278 e. The van der Waals surface area contributed by atoms with Crippen LogP contribution in [0.5, 0.6) is 0 Å². The summed E-state index contributed by atoms with van der Waals surface area (Å²) in [6.45, 7) is 0. The third kappa shape index (κ3) is 3.58. The maximum absolute atomic E-state index is 12.2. The molecule has 24 heavy (non-hydrogen) atoms. The molecule has 1 aliphatic rings. The molecule has 6 nitrogen and oxygen atoms in total. The van der Waals surface area contributed by atoms with Crippen LogP contribution >= 0.6 is 11.6 Å². The van der Waals surface area contributed by atoms with Gasteiger partial charge in [-0.1, -0.05) is 53.2 Å². The fourth-order valence-corrected chi connectivity index (χ4v) is 3.52. The number of carbonyl (C=O) groups excluding carboxylic acids is 1. The van der Waals surface area contributed by atoms with E-state index in [0.29, 0.717) is 5.71 Å². The zero-order valence-corrected chi connectivity index (χ0v) is 13.9. The molecule has 0 radical (unpaired) electrons. The van der Waals surface area contributed by atoms with Gasteiger partial charge in [-0.3, -0.25) is 4.79 Å². The van der Waals surface area contributed by atoms with E-state index in [1.807, 2.05) is 35.1 Å². The van der Waals surface area contributed by atoms with Gasteiger partial charge in [-0.05, 0) is 23.8 Å². The first-order chi connectivity index (χ1) is 11.5. The third-order valence-electron chi connectivity index (χ3n) is 3.41. The Labute approximate surface area is 144 Å². The number of rotatable bonds is 4. The van der Waals surface area contributed by atoms with Crippen LogP contribution in [0.3, 0.4) is 0 Å². The van der Waals surface area contributed by atoms with Crippen molar-refractivity contribution >= 4 is 33.2 Å². The van der Waals surface area contributed by atoms with Crippen molar-refractivity contribution in [3.8, 4) is 0 Å². The third-order valence-corrected chi connectivity index (χ3v) is 4.99. The molecule has 1 heterocycles. The van der Waals surface area contributed by atoms with E-state index >= 15 is 0 Å². The van der Waals surface area contributed by atoms with Gasteiger partial charge >= 0.3 is 0 Å². The van der Waals surface area contributed by atoms with Crippen molar-refractivity contribution in [3.05, 3.63) is 65.2 Å². The largest absolute Gasteiger partial charge is 0.382 e. The standard InChI is InChI=1S/C16H13ClN2O4S/c17-12-7-4-8-13(9-12)24(21,22)19-16(20)15-10-14(18-23-15)11-5-2-1-3-6-11/h1-9,15H,10H2,(H,19,20). The van der Waals surface area contributed by atoms with Crippen molar-refractivity contribution in [3.63, 3.8) is 0 Å². The van der Waals surface area contributed by atoms with Gasteiger partial charge in [0.15, 0.2) is 0 Å². The van der Waals surface area contributed by atoms with Crippen molar-refractivity contribution in [2.75, 3.05) is 0 Å². The number of halogens is 1. The summed E-state index contributed by atoms with van der Waals surface area (Å²) in [6.07, 6.45) is -0.796. The summed E-state index contributed by atoms with van der Waals surface area (Å²) in [5.41, 5.74) is 1.42. The number of nitrogens with one attached hydrogen (secondary N) is 1. The second-order valence-electron chi connectivity index (χ2n) is 5.13. The lowest BCUT2D eigenvalue weighted by Gasteiger charge is -2.10. The Morgan fingerprint density at radius 3 is 2.62 bits per heavy atom. The van der Waals surface area contributed by atoms with E-state index in [4.69, 9.17) is 16.4 Å². The minimum Gasteiger partial charge on any atom is -0.382 e. The maximum atomic E-state index is 12.2. The van der Waals surface area contributed by atoms with E-state index in [9.17, 15) is 13.2 Å². The van der Waals surface area contributed by atoms with Crippen LogP contribution in [0.15, 0.2) is 64.6 Å². The molecule has 0 aliphatic carbocycles. The van der Waals surface area contributed by atoms with Gasteiger partial charge in [-0.25, -0.2) is 13.1 Å². The Kier molecular flexibility index (Phi) is 4.55. The van der Waals surface area contributed by atoms with E-state index in [1.54, 1.807) is 6.07 Å². The fourth-order valence-electron chi connectivity index (χ4n) is 2.21. The Bertz CT molecular complexity index is 897. The summed E-state index contributed by atoms with van der Waals surface area (Å²) in [6, 6.07) is 14.9. The first kappa shape index (κ1) is 16.5. The molecule has 1 atom stereocenters. The van der Waals surface area contributed by atoms with Crippen molar-refractivity contribution in [1.29, 1.82) is 0 Å². The summed E-state index contributed by atoms with van der Waals surface area (Å²) in [5, 5.41) is 4.13. The zero-order chi connectivity index (χ0) is 17.2. The number of hydrogen-bond acceptors (Lipinski definition) is 5. The highest BCUT2D eigenvalue weighted by Gasteiger charge is 2.31. The Balaban J connectivity index is 1.68. The molecule has 0 aromatic heterocycles. The molecule has 3 rings (SSSR count). The molecule has 0 saturated carbocycles. The highest BCUT2D eigenvalue weighted by atomic mass is 35.5. The van der Waals surface area contributed by atoms with E-state index in [0.717, 1.165) is 5.56 Å². The number of nitrogens with zero attached hydrogens (tertiary/aromatic N) is 1. The molecule has 2 aromatic carbocycles. The molecule has 2 aromatic rings. The second kappa shape index (κ2) is 6.62. The SMILES string of the molecule is O=C(NS(=O)(=O)c1cccc(Cl)c1)C1CC(c2ccccc2)=NO1. The predicted octanol–water partition coefficient (Wildman–Crippen LogP) is 2.34. The van der Waals surface area contributed by atoms with Crippen molar-refractivity contribution in [1.82, 2.24) is 4.72 Å². The van der Waals surface area contributed by atoms with Crippen molar-refractivity contribution < 1.29 is 18.0 Å². The molecule has 1 N–H and O–H groups in total. The van der Waals surface area contributed by atoms with E-state index in [-0.39, 0.29) is 16.3 Å². The number of oxime groups is 1. The highest BCUT2D eigenvalue weighted by molar-refractivity contribution is 7.90. The van der Waals surface area contributed by atoms with Gasteiger partial charge in [0.05, 0.1) is 10.6 Å². The number of amides is 1. The molecular weight excluding hydrogens is 352 g/mol. The topological polar surface area (TPSA) is 84.8 Å². The van der Waals surface area contributed by atoms with Crippen molar-refractivity contribution in [2.24, 2.45) is 5.16 Å². The molecule has 8 heteroatoms. The number of benzene rings is 2. The lowest BCUT2D eigenvalue weighted by molar-refractivity contribution is -0.129. The van der Waals surface area contributed by atoms with Gasteiger partial charge in [0.2, 0.25) is 6.10 Å². The molecule has 0 spiro atoms. The van der Waals surface area contributed by atoms with Gasteiger partial charge in [-0.15, -0.1) is 0 Å². The van der Waals surface area contributed by atoms with E-state index < -0.39 is 22.0 Å². The molecule has 1 unspecified atom stereocenters. The average molecular weight is 365 g/mol. The number of hydrogen-bond donors (Lipinski definition) is 1. The molecular formula is C16H13ClN2O4S. The smallest absolute Gasteiger partial charge is 0.278 e. The molecule has 0 fully saturated rings. The minimum atomic E-state index is -4.02. The van der Waals surface area contributed by atoms with Crippen LogP contribution in [0.4, 0.5) is 0 Å². The van der Waals surface area contributed by atoms with Crippen LogP contribution in [0, 0.1) is 0 Å². The summed E-state index contributed by atoms with van der Waals surface area (Å²) in [7, 11) is -4.02. The van der Waals surface area contributed by atoms with E-state index in [1.165, 1.54) is 18.2 Å². The summed E-state index contributed by atoms with van der Waals surface area (Å²) in [4.78, 5) is 17.2. The lowest BCUT2D eigenvalue weighted by atomic mass is 10.1. The van der Waals surface area contributed by atoms with Gasteiger partial charge < -0.3 is 4.84 Å². The fraction of sp³-hybridized carbons (Fsp3) is 0.125. The second-order valence-corrected chi connectivity index (χ2v) is 7.25. The summed E-state index contributed by atoms with van der Waals surface area (Å²) < 4.78 is 26.4.